The number of carboxylic acids is 1. The molecule has 1 N–H and O–H groups in total. The molecule has 6 nitrogen and oxygen atoms in total. The molecule has 0 unspecified atom stereocenters. The van der Waals surface area contributed by atoms with Gasteiger partial charge in [-0.25, -0.2) is 9.18 Å². The molecule has 0 saturated carbocycles. The van der Waals surface area contributed by atoms with E-state index < -0.39 is 12.1 Å². The number of benzene rings is 1. The van der Waals surface area contributed by atoms with E-state index in [1.807, 2.05) is 17.0 Å². The summed E-state index contributed by atoms with van der Waals surface area (Å²) in [5, 5.41) is 7.12. The van der Waals surface area contributed by atoms with E-state index in [4.69, 9.17) is 14.6 Å². The van der Waals surface area contributed by atoms with Crippen LogP contribution in [-0.2, 0) is 20.9 Å². The van der Waals surface area contributed by atoms with Crippen LogP contribution in [0.1, 0.15) is 18.4 Å². The van der Waals surface area contributed by atoms with Gasteiger partial charge in [-0.2, -0.15) is 13.2 Å². The Kier molecular flexibility index (Phi) is 6.97. The van der Waals surface area contributed by atoms with Crippen molar-refractivity contribution in [2.24, 2.45) is 11.8 Å². The van der Waals surface area contributed by atoms with Crippen molar-refractivity contribution < 1.29 is 37.0 Å². The molecule has 0 aromatic heterocycles. The predicted octanol–water partition coefficient (Wildman–Crippen LogP) is 2.53. The lowest BCUT2D eigenvalue weighted by Crippen LogP contribution is -2.35. The lowest BCUT2D eigenvalue weighted by Gasteiger charge is -2.24. The van der Waals surface area contributed by atoms with Gasteiger partial charge in [-0.05, 0) is 12.5 Å². The molecule has 0 spiro atoms. The Bertz CT molecular complexity index is 773. The number of rotatable bonds is 4. The summed E-state index contributed by atoms with van der Waals surface area (Å²) in [6.45, 7) is 4.92. The van der Waals surface area contributed by atoms with Crippen LogP contribution in [0.5, 0.6) is 0 Å². The lowest BCUT2D eigenvalue weighted by atomic mass is 9.93. The lowest BCUT2D eigenvalue weighted by molar-refractivity contribution is -0.192. The molecule has 3 atom stereocenters. The highest BCUT2D eigenvalue weighted by Gasteiger charge is 2.44. The number of carbonyl (C=O) groups excluding carboxylic acids is 1. The highest BCUT2D eigenvalue weighted by atomic mass is 19.4. The summed E-state index contributed by atoms with van der Waals surface area (Å²) in [4.78, 5) is 25.0. The predicted molar refractivity (Wildman–Crippen MR) is 97.9 cm³/mol. The number of hydrogen-bond donors (Lipinski definition) is 1. The van der Waals surface area contributed by atoms with Gasteiger partial charge in [0.15, 0.2) is 0 Å². The Hall–Kier alpha value is -2.20. The largest absolute Gasteiger partial charge is 0.490 e. The summed E-state index contributed by atoms with van der Waals surface area (Å²) < 4.78 is 51.5. The Morgan fingerprint density at radius 2 is 1.93 bits per heavy atom. The van der Waals surface area contributed by atoms with Crippen molar-refractivity contribution in [2.75, 3.05) is 32.8 Å². The number of amides is 1. The van der Waals surface area contributed by atoms with Gasteiger partial charge in [0.1, 0.15) is 5.82 Å². The van der Waals surface area contributed by atoms with E-state index in [1.54, 1.807) is 6.07 Å². The van der Waals surface area contributed by atoms with Gasteiger partial charge in [-0.15, -0.1) is 0 Å². The molecule has 3 aliphatic rings. The quantitative estimate of drug-likeness (QED) is 0.741. The van der Waals surface area contributed by atoms with Crippen LogP contribution in [0.4, 0.5) is 17.6 Å². The Balaban J connectivity index is 0.000000318. The molecule has 3 heterocycles. The first-order valence-electron chi connectivity index (χ1n) is 9.80. The first-order valence-corrected chi connectivity index (χ1v) is 9.80. The second-order valence-electron chi connectivity index (χ2n) is 7.83. The van der Waals surface area contributed by atoms with Crippen molar-refractivity contribution in [1.29, 1.82) is 0 Å². The number of ether oxygens (including phenoxy) is 1. The van der Waals surface area contributed by atoms with Crippen molar-refractivity contribution in [3.05, 3.63) is 35.6 Å². The maximum atomic E-state index is 13.8. The van der Waals surface area contributed by atoms with Gasteiger partial charge in [-0.3, -0.25) is 9.69 Å². The van der Waals surface area contributed by atoms with Gasteiger partial charge in [0.2, 0.25) is 5.91 Å². The monoisotopic (exact) mass is 432 g/mol. The van der Waals surface area contributed by atoms with Crippen LogP contribution in [-0.4, -0.2) is 71.8 Å². The molecule has 0 aliphatic carbocycles. The third-order valence-electron chi connectivity index (χ3n) is 5.74. The molecule has 4 rings (SSSR count). The Labute approximate surface area is 171 Å². The smallest absolute Gasteiger partial charge is 0.475 e. The standard InChI is InChI=1S/C18H23FN2O2.C2HF3O2/c19-16-5-2-1-4-13(16)8-20-10-15-14(12-23-17(15)11-20)9-21-7-3-6-18(21)22;3-2(4,5)1(6)7/h1-2,4-5,14-15,17H,3,6-12H2;(H,6,7)/t14-,15+,17+;/m0./s1. The number of hydrogen-bond acceptors (Lipinski definition) is 4. The molecule has 0 radical (unpaired) electrons. The maximum Gasteiger partial charge on any atom is 0.490 e. The molecular formula is C20H24F4N2O4. The third kappa shape index (κ3) is 5.48. The summed E-state index contributed by atoms with van der Waals surface area (Å²) >= 11 is 0. The normalized spacial score (nSPS) is 26.5. The minimum Gasteiger partial charge on any atom is -0.475 e. The van der Waals surface area contributed by atoms with Gasteiger partial charge in [-0.1, -0.05) is 18.2 Å². The SMILES string of the molecule is O=C(O)C(F)(F)F.O=C1CCCN1C[C@H]1CO[C@@H]2CN(Cc3ccccc3F)C[C@H]12. The molecule has 3 fully saturated rings. The molecule has 1 aromatic carbocycles. The molecule has 166 valence electrons. The Morgan fingerprint density at radius 3 is 2.53 bits per heavy atom. The summed E-state index contributed by atoms with van der Waals surface area (Å²) in [6.07, 6.45) is -3.16. The zero-order valence-electron chi connectivity index (χ0n) is 16.3. The summed E-state index contributed by atoms with van der Waals surface area (Å²) in [6, 6.07) is 6.98. The van der Waals surface area contributed by atoms with Crippen molar-refractivity contribution in [2.45, 2.75) is 31.7 Å². The second-order valence-corrected chi connectivity index (χ2v) is 7.83. The maximum absolute atomic E-state index is 13.8. The van der Waals surface area contributed by atoms with Crippen LogP contribution in [0.3, 0.4) is 0 Å². The zero-order valence-corrected chi connectivity index (χ0v) is 16.3. The molecule has 3 aliphatic heterocycles. The molecule has 1 amide bonds. The number of alkyl halides is 3. The topological polar surface area (TPSA) is 70.1 Å². The zero-order chi connectivity index (χ0) is 21.9. The van der Waals surface area contributed by atoms with E-state index in [-0.39, 0.29) is 17.8 Å². The fourth-order valence-electron chi connectivity index (χ4n) is 4.24. The molecule has 30 heavy (non-hydrogen) atoms. The molecule has 1 aromatic rings. The van der Waals surface area contributed by atoms with Crippen LogP contribution in [0.25, 0.3) is 0 Å². The van der Waals surface area contributed by atoms with E-state index >= 15 is 0 Å². The number of carbonyl (C=O) groups is 2. The van der Waals surface area contributed by atoms with Gasteiger partial charge in [0.05, 0.1) is 12.7 Å². The van der Waals surface area contributed by atoms with Crippen LogP contribution < -0.4 is 0 Å². The summed E-state index contributed by atoms with van der Waals surface area (Å²) in [5.41, 5.74) is 0.749. The van der Waals surface area contributed by atoms with Crippen molar-refractivity contribution >= 4 is 11.9 Å². The minimum atomic E-state index is -5.08. The fourth-order valence-corrected chi connectivity index (χ4v) is 4.24. The van der Waals surface area contributed by atoms with Gasteiger partial charge >= 0.3 is 12.1 Å². The van der Waals surface area contributed by atoms with Crippen LogP contribution in [0.15, 0.2) is 24.3 Å². The van der Waals surface area contributed by atoms with Gasteiger partial charge in [0, 0.05) is 56.5 Å². The highest BCUT2D eigenvalue weighted by molar-refractivity contribution is 5.78. The van der Waals surface area contributed by atoms with E-state index in [0.717, 1.165) is 44.8 Å². The second kappa shape index (κ2) is 9.30. The van der Waals surface area contributed by atoms with E-state index in [0.29, 0.717) is 24.8 Å². The summed E-state index contributed by atoms with van der Waals surface area (Å²) in [7, 11) is 0. The number of fused-ring (bicyclic) bond motifs is 1. The fraction of sp³-hybridized carbons (Fsp3) is 0.600. The van der Waals surface area contributed by atoms with Gasteiger partial charge in [0.25, 0.3) is 0 Å². The van der Waals surface area contributed by atoms with Crippen molar-refractivity contribution in [1.82, 2.24) is 9.80 Å². The first kappa shape index (κ1) is 22.5. The van der Waals surface area contributed by atoms with Crippen LogP contribution in [0, 0.1) is 17.7 Å². The van der Waals surface area contributed by atoms with Gasteiger partial charge < -0.3 is 14.7 Å². The highest BCUT2D eigenvalue weighted by Crippen LogP contribution is 2.35. The van der Waals surface area contributed by atoms with Crippen LogP contribution >= 0.6 is 0 Å². The van der Waals surface area contributed by atoms with Crippen molar-refractivity contribution in [3.63, 3.8) is 0 Å². The number of carboxylic acid groups (broad SMARTS) is 1. The average Bonchev–Trinajstić information content (AvgIpc) is 3.35. The third-order valence-corrected chi connectivity index (χ3v) is 5.74. The van der Waals surface area contributed by atoms with Crippen LogP contribution in [0.2, 0.25) is 0 Å². The summed E-state index contributed by atoms with van der Waals surface area (Å²) in [5.74, 6) is -1.71. The van der Waals surface area contributed by atoms with E-state index in [1.165, 1.54) is 6.07 Å². The molecule has 0 bridgehead atoms. The first-order chi connectivity index (χ1) is 14.1. The average molecular weight is 432 g/mol. The molecule has 3 saturated heterocycles. The number of halogens is 4. The number of likely N-dealkylation sites (tertiary alicyclic amines) is 2. The van der Waals surface area contributed by atoms with E-state index in [2.05, 4.69) is 4.90 Å². The number of aliphatic carboxylic acids is 1. The molecule has 10 heteroatoms. The molecular weight excluding hydrogens is 408 g/mol. The number of nitrogens with zero attached hydrogens (tertiary/aromatic N) is 2. The minimum absolute atomic E-state index is 0.135. The van der Waals surface area contributed by atoms with Crippen molar-refractivity contribution in [3.8, 4) is 0 Å². The van der Waals surface area contributed by atoms with E-state index in [9.17, 15) is 22.4 Å². The Morgan fingerprint density at radius 1 is 1.23 bits per heavy atom.